The number of rotatable bonds is 9. The maximum Gasteiger partial charge on any atom is 0.338 e. The molecule has 0 bridgehead atoms. The Morgan fingerprint density at radius 2 is 1.59 bits per heavy atom. The quantitative estimate of drug-likeness (QED) is 0.213. The van der Waals surface area contributed by atoms with Crippen LogP contribution in [0.15, 0.2) is 57.5 Å². The van der Waals surface area contributed by atoms with Gasteiger partial charge >= 0.3 is 5.97 Å². The van der Waals surface area contributed by atoms with Crippen LogP contribution in [0, 0.1) is 0 Å². The van der Waals surface area contributed by atoms with Gasteiger partial charge in [-0.25, -0.2) is 9.78 Å². The maximum absolute atomic E-state index is 12.9. The van der Waals surface area contributed by atoms with Gasteiger partial charge in [0.25, 0.3) is 0 Å². The van der Waals surface area contributed by atoms with Crippen molar-refractivity contribution in [2.24, 2.45) is 0 Å². The molecule has 0 amide bonds. The van der Waals surface area contributed by atoms with Crippen LogP contribution in [0.4, 0.5) is 0 Å². The van der Waals surface area contributed by atoms with Crippen molar-refractivity contribution < 1.29 is 9.53 Å². The number of hydrogen-bond acceptors (Lipinski definition) is 3. The van der Waals surface area contributed by atoms with Gasteiger partial charge in [-0.2, -0.15) is 0 Å². The number of ether oxygens (including phenoxy) is 1. The molecule has 0 radical (unpaired) electrons. The number of fused-ring (bicyclic) bond motifs is 1. The summed E-state index contributed by atoms with van der Waals surface area (Å²) < 4.78 is 7.52. The van der Waals surface area contributed by atoms with Crippen LogP contribution in [-0.2, 0) is 4.74 Å². The summed E-state index contributed by atoms with van der Waals surface area (Å²) in [5.41, 5.74) is 3.06. The summed E-state index contributed by atoms with van der Waals surface area (Å²) in [6.45, 7) is 2.66. The predicted molar refractivity (Wildman–Crippen MR) is 126 cm³/mol. The van der Waals surface area contributed by atoms with E-state index in [2.05, 4.69) is 38.8 Å². The lowest BCUT2D eigenvalue weighted by molar-refractivity contribution is 0.0500. The average molecular weight is 519 g/mol. The van der Waals surface area contributed by atoms with E-state index in [1.807, 2.05) is 48.5 Å². The van der Waals surface area contributed by atoms with Crippen molar-refractivity contribution in [3.8, 4) is 11.3 Å². The van der Waals surface area contributed by atoms with E-state index in [4.69, 9.17) is 9.72 Å². The van der Waals surface area contributed by atoms with Crippen LogP contribution < -0.4 is 0 Å². The normalized spacial score (nSPS) is 11.0. The number of unbranched alkanes of at least 4 members (excludes halogenated alkanes) is 5. The molecule has 152 valence electrons. The molecule has 0 unspecified atom stereocenters. The minimum absolute atomic E-state index is 0.289. The van der Waals surface area contributed by atoms with E-state index in [1.165, 1.54) is 25.7 Å². The number of benzene rings is 2. The molecule has 0 atom stereocenters. The fourth-order valence-electron chi connectivity index (χ4n) is 3.26. The van der Waals surface area contributed by atoms with Crippen molar-refractivity contribution in [1.29, 1.82) is 0 Å². The van der Waals surface area contributed by atoms with Gasteiger partial charge in [-0.3, -0.25) is 0 Å². The predicted octanol–water partition coefficient (Wildman–Crippen LogP) is 7.94. The zero-order chi connectivity index (χ0) is 20.6. The Labute approximate surface area is 189 Å². The van der Waals surface area contributed by atoms with Crippen LogP contribution in [0.2, 0.25) is 0 Å². The van der Waals surface area contributed by atoms with Gasteiger partial charge in [-0.15, -0.1) is 0 Å². The van der Waals surface area contributed by atoms with Crippen LogP contribution in [0.1, 0.15) is 55.8 Å². The Bertz CT molecular complexity index is 971. The number of esters is 1. The number of carbonyl (C=O) groups is 1. The van der Waals surface area contributed by atoms with Crippen LogP contribution in [0.3, 0.4) is 0 Å². The highest BCUT2D eigenvalue weighted by Crippen LogP contribution is 2.28. The molecule has 0 N–H and O–H groups in total. The lowest BCUT2D eigenvalue weighted by Gasteiger charge is -2.11. The topological polar surface area (TPSA) is 39.2 Å². The highest BCUT2D eigenvalue weighted by Gasteiger charge is 2.16. The summed E-state index contributed by atoms with van der Waals surface area (Å²) in [7, 11) is 0. The molecule has 0 spiro atoms. The second-order valence-corrected chi connectivity index (χ2v) is 8.96. The zero-order valence-corrected chi connectivity index (χ0v) is 19.8. The number of halogens is 2. The summed E-state index contributed by atoms with van der Waals surface area (Å²) in [5, 5.41) is 0.799. The molecule has 3 aromatic rings. The molecule has 0 fully saturated rings. The summed E-state index contributed by atoms with van der Waals surface area (Å²) >= 11 is 6.95. The highest BCUT2D eigenvalue weighted by molar-refractivity contribution is 9.10. The van der Waals surface area contributed by atoms with Crippen LogP contribution >= 0.6 is 31.9 Å². The van der Waals surface area contributed by atoms with Crippen molar-refractivity contribution >= 4 is 48.7 Å². The fraction of sp³-hybridized carbons (Fsp3) is 0.333. The highest BCUT2D eigenvalue weighted by atomic mass is 79.9. The van der Waals surface area contributed by atoms with E-state index in [0.29, 0.717) is 12.2 Å². The van der Waals surface area contributed by atoms with E-state index in [-0.39, 0.29) is 5.97 Å². The van der Waals surface area contributed by atoms with E-state index in [9.17, 15) is 4.79 Å². The van der Waals surface area contributed by atoms with Gasteiger partial charge in [0.05, 0.1) is 23.4 Å². The van der Waals surface area contributed by atoms with Gasteiger partial charge in [0.2, 0.25) is 0 Å². The summed E-state index contributed by atoms with van der Waals surface area (Å²) in [4.78, 5) is 17.6. The van der Waals surface area contributed by atoms with Crippen molar-refractivity contribution in [1.82, 2.24) is 4.98 Å². The first-order chi connectivity index (χ1) is 14.1. The van der Waals surface area contributed by atoms with Crippen molar-refractivity contribution in [3.63, 3.8) is 0 Å². The lowest BCUT2D eigenvalue weighted by Crippen LogP contribution is -2.08. The van der Waals surface area contributed by atoms with Crippen molar-refractivity contribution in [3.05, 3.63) is 63.0 Å². The molecular weight excluding hydrogens is 494 g/mol. The monoisotopic (exact) mass is 517 g/mol. The third-order valence-electron chi connectivity index (χ3n) is 4.86. The SMILES string of the molecule is CCCCCCCCOC(=O)c1cc(-c2ccc(Br)cc2)nc2ccc(Br)cc12. The Balaban J connectivity index is 1.80. The third-order valence-corrected chi connectivity index (χ3v) is 5.88. The van der Waals surface area contributed by atoms with E-state index in [0.717, 1.165) is 43.9 Å². The summed E-state index contributed by atoms with van der Waals surface area (Å²) in [6.07, 6.45) is 6.97. The van der Waals surface area contributed by atoms with Gasteiger partial charge in [-0.1, -0.05) is 83.0 Å². The number of aromatic nitrogens is 1. The van der Waals surface area contributed by atoms with Crippen LogP contribution in [0.25, 0.3) is 22.2 Å². The molecule has 1 heterocycles. The molecule has 29 heavy (non-hydrogen) atoms. The molecule has 0 saturated heterocycles. The van der Waals surface area contributed by atoms with E-state index in [1.54, 1.807) is 0 Å². The summed E-state index contributed by atoms with van der Waals surface area (Å²) in [6, 6.07) is 15.5. The molecule has 1 aromatic heterocycles. The van der Waals surface area contributed by atoms with Crippen molar-refractivity contribution in [2.75, 3.05) is 6.61 Å². The van der Waals surface area contributed by atoms with Gasteiger partial charge in [-0.05, 0) is 42.8 Å². The second kappa shape index (κ2) is 10.9. The number of nitrogens with zero attached hydrogens (tertiary/aromatic N) is 1. The molecule has 3 rings (SSSR count). The first-order valence-corrected chi connectivity index (χ1v) is 11.7. The minimum Gasteiger partial charge on any atom is -0.462 e. The van der Waals surface area contributed by atoms with Gasteiger partial charge in [0.1, 0.15) is 0 Å². The molecule has 3 nitrogen and oxygen atoms in total. The molecule has 5 heteroatoms. The van der Waals surface area contributed by atoms with Gasteiger partial charge in [0, 0.05) is 19.9 Å². The smallest absolute Gasteiger partial charge is 0.338 e. The second-order valence-electron chi connectivity index (χ2n) is 7.13. The van der Waals surface area contributed by atoms with E-state index >= 15 is 0 Å². The average Bonchev–Trinajstić information content (AvgIpc) is 2.72. The largest absolute Gasteiger partial charge is 0.462 e. The fourth-order valence-corrected chi connectivity index (χ4v) is 3.89. The molecule has 0 aliphatic carbocycles. The molecule has 0 aliphatic heterocycles. The van der Waals surface area contributed by atoms with E-state index < -0.39 is 0 Å². The third kappa shape index (κ3) is 6.13. The number of hydrogen-bond donors (Lipinski definition) is 0. The molecule has 0 saturated carbocycles. The number of carbonyl (C=O) groups excluding carboxylic acids is 1. The molecular formula is C24H25Br2NO2. The standard InChI is InChI=1S/C24H25Br2NO2/c1-2-3-4-5-6-7-14-29-24(28)21-16-23(17-8-10-18(25)11-9-17)27-22-13-12-19(26)15-20(21)22/h8-13,15-16H,2-7,14H2,1H3. The molecule has 2 aromatic carbocycles. The maximum atomic E-state index is 12.9. The minimum atomic E-state index is -0.289. The summed E-state index contributed by atoms with van der Waals surface area (Å²) in [5.74, 6) is -0.289. The first-order valence-electron chi connectivity index (χ1n) is 10.1. The Hall–Kier alpha value is -1.72. The van der Waals surface area contributed by atoms with Crippen LogP contribution in [-0.4, -0.2) is 17.6 Å². The van der Waals surface area contributed by atoms with Gasteiger partial charge in [0.15, 0.2) is 0 Å². The lowest BCUT2D eigenvalue weighted by atomic mass is 10.0. The zero-order valence-electron chi connectivity index (χ0n) is 16.6. The Kier molecular flexibility index (Phi) is 8.25. The number of pyridine rings is 1. The Morgan fingerprint density at radius 1 is 0.897 bits per heavy atom. The van der Waals surface area contributed by atoms with Crippen molar-refractivity contribution in [2.45, 2.75) is 45.4 Å². The first kappa shape index (κ1) is 22.0. The van der Waals surface area contributed by atoms with Gasteiger partial charge < -0.3 is 4.74 Å². The molecule has 0 aliphatic rings. The van der Waals surface area contributed by atoms with Crippen LogP contribution in [0.5, 0.6) is 0 Å². The Morgan fingerprint density at radius 3 is 2.34 bits per heavy atom.